The van der Waals surface area contributed by atoms with E-state index in [0.29, 0.717) is 25.2 Å². The number of amides is 3. The Bertz CT molecular complexity index is 1360. The molecule has 12 nitrogen and oxygen atoms in total. The van der Waals surface area contributed by atoms with E-state index >= 15 is 0 Å². The lowest BCUT2D eigenvalue weighted by Crippen LogP contribution is -2.49. The summed E-state index contributed by atoms with van der Waals surface area (Å²) >= 11 is 0. The first-order valence-corrected chi connectivity index (χ1v) is 14.4. The van der Waals surface area contributed by atoms with Crippen LogP contribution in [0.5, 0.6) is 0 Å². The molecule has 1 aliphatic rings. The Morgan fingerprint density at radius 2 is 1.64 bits per heavy atom. The van der Waals surface area contributed by atoms with Crippen LogP contribution in [-0.2, 0) is 36.9 Å². The van der Waals surface area contributed by atoms with Crippen molar-refractivity contribution in [2.45, 2.75) is 44.1 Å². The van der Waals surface area contributed by atoms with Crippen molar-refractivity contribution in [2.24, 2.45) is 0 Å². The van der Waals surface area contributed by atoms with E-state index in [1.165, 1.54) is 0 Å². The van der Waals surface area contributed by atoms with E-state index in [9.17, 15) is 24.3 Å². The van der Waals surface area contributed by atoms with Gasteiger partial charge in [0.05, 0.1) is 18.7 Å². The second-order valence-corrected chi connectivity index (χ2v) is 10.4. The number of carbonyl (C=O) groups is 4. The monoisotopic (exact) mass is 603 g/mol. The molecule has 2 aromatic carbocycles. The van der Waals surface area contributed by atoms with Crippen LogP contribution in [-0.4, -0.2) is 83.3 Å². The molecule has 232 valence electrons. The van der Waals surface area contributed by atoms with Crippen molar-refractivity contribution in [2.75, 3.05) is 31.6 Å². The van der Waals surface area contributed by atoms with Crippen LogP contribution in [0.15, 0.2) is 85.1 Å². The number of hydrogen-bond donors (Lipinski definition) is 4. The third kappa shape index (κ3) is 10.4. The summed E-state index contributed by atoms with van der Waals surface area (Å²) in [7, 11) is 0. The minimum atomic E-state index is -1.29. The quantitative estimate of drug-likeness (QED) is 0.205. The normalized spacial score (nSPS) is 16.5. The molecule has 3 aromatic rings. The summed E-state index contributed by atoms with van der Waals surface area (Å²) in [6.45, 7) is 0.0938. The smallest absolute Gasteiger partial charge is 0.410 e. The van der Waals surface area contributed by atoms with Crippen LogP contribution in [0.2, 0.25) is 0 Å². The Kier molecular flexibility index (Phi) is 12.1. The Labute approximate surface area is 255 Å². The molecule has 1 aliphatic heterocycles. The number of hydrogen-bond acceptors (Lipinski definition) is 8. The van der Waals surface area contributed by atoms with Gasteiger partial charge in [0.2, 0.25) is 11.8 Å². The highest BCUT2D eigenvalue weighted by Crippen LogP contribution is 2.22. The first kappa shape index (κ1) is 32.0. The maximum Gasteiger partial charge on any atom is 0.410 e. The molecule has 1 fully saturated rings. The van der Waals surface area contributed by atoms with Crippen molar-refractivity contribution in [1.82, 2.24) is 20.5 Å². The molecule has 0 unspecified atom stereocenters. The van der Waals surface area contributed by atoms with Gasteiger partial charge in [-0.15, -0.1) is 0 Å². The van der Waals surface area contributed by atoms with Gasteiger partial charge in [-0.3, -0.25) is 9.59 Å². The minimum absolute atomic E-state index is 0.118. The van der Waals surface area contributed by atoms with Crippen LogP contribution in [0.25, 0.3) is 0 Å². The fraction of sp³-hybridized carbons (Fsp3) is 0.344. The van der Waals surface area contributed by atoms with Crippen LogP contribution < -0.4 is 16.0 Å². The first-order chi connectivity index (χ1) is 21.4. The summed E-state index contributed by atoms with van der Waals surface area (Å²) in [5, 5.41) is 17.7. The van der Waals surface area contributed by atoms with Gasteiger partial charge in [0, 0.05) is 25.7 Å². The summed E-state index contributed by atoms with van der Waals surface area (Å²) in [4.78, 5) is 55.3. The Morgan fingerprint density at radius 3 is 2.32 bits per heavy atom. The highest BCUT2D eigenvalue weighted by atomic mass is 16.6. The number of benzene rings is 2. The number of anilines is 1. The third-order valence-corrected chi connectivity index (χ3v) is 7.07. The topological polar surface area (TPSA) is 159 Å². The van der Waals surface area contributed by atoms with Gasteiger partial charge < -0.3 is 35.4 Å². The summed E-state index contributed by atoms with van der Waals surface area (Å²) in [5.74, 6) is -1.57. The van der Waals surface area contributed by atoms with Crippen molar-refractivity contribution in [1.29, 1.82) is 0 Å². The van der Waals surface area contributed by atoms with Gasteiger partial charge in [-0.25, -0.2) is 14.6 Å². The number of rotatable bonds is 15. The fourth-order valence-electron chi connectivity index (χ4n) is 4.73. The number of nitrogens with zero attached hydrogens (tertiary/aromatic N) is 2. The number of pyridine rings is 1. The van der Waals surface area contributed by atoms with Gasteiger partial charge in [0.1, 0.15) is 25.1 Å². The number of nitrogens with one attached hydrogen (secondary N) is 3. The van der Waals surface area contributed by atoms with Gasteiger partial charge in [-0.2, -0.15) is 0 Å². The molecule has 0 bridgehead atoms. The lowest BCUT2D eigenvalue weighted by molar-refractivity contribution is -0.142. The van der Waals surface area contributed by atoms with Gasteiger partial charge in [0.25, 0.3) is 0 Å². The SMILES string of the molecule is O=C(CO[C@@H]1C[C@@H](CNc2ccccn2)N(C(=O)OCc2ccccc2)C1)NC[C@H](NC(=O)CCc1ccccc1)C(=O)O. The molecular weight excluding hydrogens is 566 g/mol. The minimum Gasteiger partial charge on any atom is -0.480 e. The molecule has 3 amide bonds. The molecule has 12 heteroatoms. The van der Waals surface area contributed by atoms with Crippen LogP contribution in [0.3, 0.4) is 0 Å². The average molecular weight is 604 g/mol. The standard InChI is InChI=1S/C32H37N5O7/c38-29(15-14-23-9-3-1-4-10-23)36-27(31(40)41)19-35-30(39)22-43-26-17-25(18-34-28-13-7-8-16-33-28)37(20-26)32(42)44-21-24-11-5-2-6-12-24/h1-13,16,25-27H,14-15,17-22H2,(H,33,34)(H,35,39)(H,36,38)(H,40,41)/t25-,26+,27-/m0/s1. The highest BCUT2D eigenvalue weighted by Gasteiger charge is 2.37. The zero-order chi connectivity index (χ0) is 31.1. The number of carboxylic acid groups (broad SMARTS) is 1. The molecule has 4 rings (SSSR count). The first-order valence-electron chi connectivity index (χ1n) is 14.4. The summed E-state index contributed by atoms with van der Waals surface area (Å²) in [5.41, 5.74) is 1.82. The average Bonchev–Trinajstić information content (AvgIpc) is 3.47. The van der Waals surface area contributed by atoms with Gasteiger partial charge in [-0.1, -0.05) is 66.7 Å². The van der Waals surface area contributed by atoms with E-state index in [2.05, 4.69) is 20.9 Å². The number of aliphatic carboxylic acids is 1. The third-order valence-electron chi connectivity index (χ3n) is 7.07. The number of aryl methyl sites for hydroxylation is 1. The fourth-order valence-corrected chi connectivity index (χ4v) is 4.73. The van der Waals surface area contributed by atoms with Crippen molar-refractivity contribution in [3.63, 3.8) is 0 Å². The van der Waals surface area contributed by atoms with Gasteiger partial charge >= 0.3 is 12.1 Å². The van der Waals surface area contributed by atoms with Crippen molar-refractivity contribution in [3.05, 3.63) is 96.2 Å². The van der Waals surface area contributed by atoms with Gasteiger partial charge in [-0.05, 0) is 36.1 Å². The van der Waals surface area contributed by atoms with Crippen molar-refractivity contribution in [3.8, 4) is 0 Å². The largest absolute Gasteiger partial charge is 0.480 e. The number of aromatic nitrogens is 1. The van der Waals surface area contributed by atoms with Crippen LogP contribution in [0.1, 0.15) is 24.0 Å². The zero-order valence-corrected chi connectivity index (χ0v) is 24.3. The summed E-state index contributed by atoms with van der Waals surface area (Å²) < 4.78 is 11.4. The number of carboxylic acids is 1. The molecule has 0 spiro atoms. The molecule has 0 aliphatic carbocycles. The predicted molar refractivity (Wildman–Crippen MR) is 162 cm³/mol. The van der Waals surface area contributed by atoms with E-state index in [1.807, 2.05) is 78.9 Å². The van der Waals surface area contributed by atoms with Crippen molar-refractivity contribution >= 4 is 29.7 Å². The summed E-state index contributed by atoms with van der Waals surface area (Å²) in [6.07, 6.45) is 1.75. The molecule has 1 aromatic heterocycles. The van der Waals surface area contributed by atoms with E-state index in [1.54, 1.807) is 11.1 Å². The number of likely N-dealkylation sites (tertiary alicyclic amines) is 1. The predicted octanol–water partition coefficient (Wildman–Crippen LogP) is 2.61. The maximum absolute atomic E-state index is 13.0. The molecule has 3 atom stereocenters. The summed E-state index contributed by atoms with van der Waals surface area (Å²) in [6, 6.07) is 22.6. The van der Waals surface area contributed by atoms with E-state index in [-0.39, 0.29) is 38.8 Å². The van der Waals surface area contributed by atoms with Gasteiger partial charge in [0.15, 0.2) is 0 Å². The van der Waals surface area contributed by atoms with Crippen LogP contribution in [0, 0.1) is 0 Å². The van der Waals surface area contributed by atoms with E-state index in [4.69, 9.17) is 9.47 Å². The lowest BCUT2D eigenvalue weighted by Gasteiger charge is -2.24. The van der Waals surface area contributed by atoms with Crippen molar-refractivity contribution < 1.29 is 33.8 Å². The number of carbonyl (C=O) groups excluding carboxylic acids is 3. The molecule has 0 radical (unpaired) electrons. The van der Waals surface area contributed by atoms with E-state index in [0.717, 1.165) is 11.1 Å². The second kappa shape index (κ2) is 16.6. The van der Waals surface area contributed by atoms with Crippen LogP contribution in [0.4, 0.5) is 10.6 Å². The number of ether oxygens (including phenoxy) is 2. The Balaban J connectivity index is 1.24. The Morgan fingerprint density at radius 1 is 0.932 bits per heavy atom. The molecule has 4 N–H and O–H groups in total. The molecular formula is C32H37N5O7. The molecule has 0 saturated carbocycles. The van der Waals surface area contributed by atoms with E-state index < -0.39 is 36.0 Å². The maximum atomic E-state index is 13.0. The molecule has 2 heterocycles. The zero-order valence-electron chi connectivity index (χ0n) is 24.3. The highest BCUT2D eigenvalue weighted by molar-refractivity contribution is 5.85. The molecule has 44 heavy (non-hydrogen) atoms. The Hall–Kier alpha value is -4.97. The lowest BCUT2D eigenvalue weighted by atomic mass is 10.1. The molecule has 1 saturated heterocycles. The van der Waals surface area contributed by atoms with Crippen LogP contribution >= 0.6 is 0 Å². The second-order valence-electron chi connectivity index (χ2n) is 10.4.